The first-order chi connectivity index (χ1) is 15.7. The third-order valence-electron chi connectivity index (χ3n) is 6.33. The van der Waals surface area contributed by atoms with E-state index in [1.54, 1.807) is 12.1 Å². The first kappa shape index (κ1) is 23.4. The number of urea groups is 1. The van der Waals surface area contributed by atoms with Gasteiger partial charge in [-0.2, -0.15) is 13.2 Å². The van der Waals surface area contributed by atoms with Gasteiger partial charge in [0.15, 0.2) is 0 Å². The lowest BCUT2D eigenvalue weighted by Crippen LogP contribution is -2.44. The van der Waals surface area contributed by atoms with Crippen molar-refractivity contribution < 1.29 is 23.1 Å². The minimum atomic E-state index is -4.52. The summed E-state index contributed by atoms with van der Waals surface area (Å²) >= 11 is 0. The maximum Gasteiger partial charge on any atom is 0.416 e. The summed E-state index contributed by atoms with van der Waals surface area (Å²) in [6.45, 7) is 3.76. The highest BCUT2D eigenvalue weighted by Crippen LogP contribution is 2.35. The van der Waals surface area contributed by atoms with Crippen LogP contribution in [0.1, 0.15) is 29.5 Å². The Morgan fingerprint density at radius 2 is 1.79 bits per heavy atom. The van der Waals surface area contributed by atoms with Gasteiger partial charge in [-0.15, -0.1) is 0 Å². The van der Waals surface area contributed by atoms with E-state index in [0.29, 0.717) is 12.2 Å². The van der Waals surface area contributed by atoms with E-state index in [4.69, 9.17) is 0 Å². The Morgan fingerprint density at radius 3 is 2.52 bits per heavy atom. The Hall–Kier alpha value is -2.78. The molecule has 2 aliphatic heterocycles. The number of alkyl halides is 3. The number of benzene rings is 2. The van der Waals surface area contributed by atoms with Gasteiger partial charge in [-0.25, -0.2) is 4.79 Å². The molecule has 2 aliphatic rings. The summed E-state index contributed by atoms with van der Waals surface area (Å²) in [6, 6.07) is 8.37. The van der Waals surface area contributed by atoms with Crippen LogP contribution in [0.4, 0.5) is 29.3 Å². The number of rotatable bonds is 3. The predicted octanol–water partition coefficient (Wildman–Crippen LogP) is 4.53. The van der Waals surface area contributed by atoms with Gasteiger partial charge in [0.25, 0.3) is 0 Å². The summed E-state index contributed by atoms with van der Waals surface area (Å²) in [7, 11) is 2.00. The molecule has 0 saturated carbocycles. The molecule has 2 aromatic carbocycles. The van der Waals surface area contributed by atoms with Crippen LogP contribution >= 0.6 is 0 Å². The molecule has 0 aromatic heterocycles. The average molecular weight is 463 g/mol. The molecular weight excluding hydrogens is 433 g/mol. The van der Waals surface area contributed by atoms with E-state index in [-0.39, 0.29) is 23.5 Å². The molecule has 2 aromatic rings. The van der Waals surface area contributed by atoms with Crippen LogP contribution in [0.5, 0.6) is 5.75 Å². The van der Waals surface area contributed by atoms with Crippen LogP contribution in [0.25, 0.3) is 0 Å². The Bertz CT molecular complexity index is 1000. The number of phenolic OH excluding ortho intramolecular Hbond substituents is 1. The minimum absolute atomic E-state index is 0.110. The second-order valence-electron chi connectivity index (χ2n) is 8.80. The second kappa shape index (κ2) is 9.61. The standard InChI is InChI=1S/C24H29F3N4O2/c1-29-10-12-30(13-11-29)16-18-5-6-19(15-21(18)24(25,26)27)28-23(33)31-9-3-2-4-17-14-20(32)7-8-22(17)31/h5-8,14-15,32H,2-4,9-13,16H2,1H3,(H,28,33). The number of nitrogens with zero attached hydrogens (tertiary/aromatic N) is 3. The van der Waals surface area contributed by atoms with E-state index in [2.05, 4.69) is 10.2 Å². The molecule has 9 heteroatoms. The van der Waals surface area contributed by atoms with Crippen LogP contribution < -0.4 is 10.2 Å². The molecule has 33 heavy (non-hydrogen) atoms. The number of nitrogens with one attached hydrogen (secondary N) is 1. The lowest BCUT2D eigenvalue weighted by Gasteiger charge is -2.33. The van der Waals surface area contributed by atoms with E-state index in [0.717, 1.165) is 57.1 Å². The van der Waals surface area contributed by atoms with Crippen molar-refractivity contribution in [3.63, 3.8) is 0 Å². The number of carbonyl (C=O) groups excluding carboxylic acids is 1. The number of hydrogen-bond donors (Lipinski definition) is 2. The van der Waals surface area contributed by atoms with Crippen molar-refractivity contribution in [1.29, 1.82) is 0 Å². The molecule has 0 unspecified atom stereocenters. The Kier molecular flexibility index (Phi) is 6.81. The number of fused-ring (bicyclic) bond motifs is 1. The van der Waals surface area contributed by atoms with Gasteiger partial charge in [0.05, 0.1) is 5.56 Å². The number of aromatic hydroxyl groups is 1. The number of aryl methyl sites for hydroxylation is 1. The van der Waals surface area contributed by atoms with Gasteiger partial charge in [0.1, 0.15) is 5.75 Å². The largest absolute Gasteiger partial charge is 0.508 e. The van der Waals surface area contributed by atoms with Crippen LogP contribution in [0, 0.1) is 0 Å². The number of anilines is 2. The molecule has 0 bridgehead atoms. The fourth-order valence-electron chi connectivity index (χ4n) is 4.45. The summed E-state index contributed by atoms with van der Waals surface area (Å²) in [5, 5.41) is 12.4. The van der Waals surface area contributed by atoms with Crippen molar-refractivity contribution >= 4 is 17.4 Å². The topological polar surface area (TPSA) is 59.0 Å². The summed E-state index contributed by atoms with van der Waals surface area (Å²) in [5.41, 5.74) is 1.12. The van der Waals surface area contributed by atoms with Gasteiger partial charge in [0.2, 0.25) is 0 Å². The fraction of sp³-hybridized carbons (Fsp3) is 0.458. The van der Waals surface area contributed by atoms with Crippen molar-refractivity contribution in [2.75, 3.05) is 50.0 Å². The normalized spacial score (nSPS) is 18.0. The number of amides is 2. The molecule has 6 nitrogen and oxygen atoms in total. The predicted molar refractivity (Wildman–Crippen MR) is 122 cm³/mol. The third kappa shape index (κ3) is 5.59. The lowest BCUT2D eigenvalue weighted by atomic mass is 10.0. The van der Waals surface area contributed by atoms with Gasteiger partial charge >= 0.3 is 12.2 Å². The van der Waals surface area contributed by atoms with Crippen LogP contribution in [0.3, 0.4) is 0 Å². The van der Waals surface area contributed by atoms with Crippen molar-refractivity contribution in [3.8, 4) is 5.75 Å². The van der Waals surface area contributed by atoms with Gasteiger partial charge in [0, 0.05) is 50.6 Å². The molecule has 2 amide bonds. The van der Waals surface area contributed by atoms with E-state index in [1.807, 2.05) is 11.9 Å². The van der Waals surface area contributed by atoms with Crippen molar-refractivity contribution in [2.45, 2.75) is 32.0 Å². The van der Waals surface area contributed by atoms with Gasteiger partial charge in [-0.05, 0) is 67.8 Å². The Labute approximate surface area is 191 Å². The van der Waals surface area contributed by atoms with E-state index in [9.17, 15) is 23.1 Å². The van der Waals surface area contributed by atoms with Crippen LogP contribution in [0.2, 0.25) is 0 Å². The summed E-state index contributed by atoms with van der Waals surface area (Å²) in [4.78, 5) is 18.7. The monoisotopic (exact) mass is 462 g/mol. The molecule has 1 saturated heterocycles. The molecule has 4 rings (SSSR count). The third-order valence-corrected chi connectivity index (χ3v) is 6.33. The molecule has 0 aliphatic carbocycles. The highest BCUT2D eigenvalue weighted by atomic mass is 19.4. The molecule has 0 spiro atoms. The lowest BCUT2D eigenvalue weighted by molar-refractivity contribution is -0.138. The first-order valence-corrected chi connectivity index (χ1v) is 11.2. The molecule has 178 valence electrons. The zero-order chi connectivity index (χ0) is 23.6. The SMILES string of the molecule is CN1CCN(Cc2ccc(NC(=O)N3CCCCc4cc(O)ccc43)cc2C(F)(F)F)CC1. The quantitative estimate of drug-likeness (QED) is 0.704. The maximum absolute atomic E-state index is 13.9. The number of piperazine rings is 1. The van der Waals surface area contributed by atoms with Crippen LogP contribution in [-0.2, 0) is 19.1 Å². The van der Waals surface area contributed by atoms with E-state index in [1.165, 1.54) is 23.1 Å². The maximum atomic E-state index is 13.9. The van der Waals surface area contributed by atoms with Crippen LogP contribution in [-0.4, -0.2) is 60.7 Å². The highest BCUT2D eigenvalue weighted by molar-refractivity contribution is 6.02. The molecule has 0 atom stereocenters. The highest BCUT2D eigenvalue weighted by Gasteiger charge is 2.34. The molecule has 0 radical (unpaired) electrons. The number of phenols is 1. The van der Waals surface area contributed by atoms with Gasteiger partial charge < -0.3 is 15.3 Å². The summed E-state index contributed by atoms with van der Waals surface area (Å²) in [6.07, 6.45) is -2.16. The molecule has 2 heterocycles. The number of carbonyl (C=O) groups is 1. The smallest absolute Gasteiger partial charge is 0.416 e. The second-order valence-corrected chi connectivity index (χ2v) is 8.80. The van der Waals surface area contributed by atoms with E-state index < -0.39 is 17.8 Å². The zero-order valence-electron chi connectivity index (χ0n) is 18.7. The molecular formula is C24H29F3N4O2. The summed E-state index contributed by atoms with van der Waals surface area (Å²) < 4.78 is 41.6. The number of halogens is 3. The minimum Gasteiger partial charge on any atom is -0.508 e. The average Bonchev–Trinajstić information content (AvgIpc) is 2.97. The first-order valence-electron chi connectivity index (χ1n) is 11.2. The number of likely N-dealkylation sites (N-methyl/N-ethyl adjacent to an activating group) is 1. The molecule has 1 fully saturated rings. The van der Waals surface area contributed by atoms with Crippen LogP contribution in [0.15, 0.2) is 36.4 Å². The fourth-order valence-corrected chi connectivity index (χ4v) is 4.45. The van der Waals surface area contributed by atoms with Gasteiger partial charge in [-0.1, -0.05) is 6.07 Å². The van der Waals surface area contributed by atoms with E-state index >= 15 is 0 Å². The Morgan fingerprint density at radius 1 is 1.03 bits per heavy atom. The number of hydrogen-bond acceptors (Lipinski definition) is 4. The Balaban J connectivity index is 1.54. The van der Waals surface area contributed by atoms with Crippen molar-refractivity contribution in [2.24, 2.45) is 0 Å². The summed E-state index contributed by atoms with van der Waals surface area (Å²) in [5.74, 6) is 0.127. The van der Waals surface area contributed by atoms with Crippen molar-refractivity contribution in [1.82, 2.24) is 9.80 Å². The van der Waals surface area contributed by atoms with Crippen molar-refractivity contribution in [3.05, 3.63) is 53.1 Å². The zero-order valence-corrected chi connectivity index (χ0v) is 18.7. The van der Waals surface area contributed by atoms with Gasteiger partial charge in [-0.3, -0.25) is 9.80 Å². The molecule has 2 N–H and O–H groups in total.